The van der Waals surface area contributed by atoms with Crippen LogP contribution < -0.4 is 0 Å². The van der Waals surface area contributed by atoms with Crippen LogP contribution in [0.2, 0.25) is 0 Å². The summed E-state index contributed by atoms with van der Waals surface area (Å²) in [6.45, 7) is 18.8. The first-order valence-corrected chi connectivity index (χ1v) is 14.5. The molecule has 1 aliphatic heterocycles. The number of unbranched alkanes of at least 4 members (excludes halogenated alkanes) is 9. The van der Waals surface area contributed by atoms with Gasteiger partial charge in [0, 0.05) is 19.6 Å². The van der Waals surface area contributed by atoms with Crippen LogP contribution in [0.4, 0.5) is 4.79 Å². The van der Waals surface area contributed by atoms with Crippen LogP contribution in [0.15, 0.2) is 0 Å². The van der Waals surface area contributed by atoms with Gasteiger partial charge in [0.25, 0.3) is 6.47 Å². The van der Waals surface area contributed by atoms with E-state index in [1.807, 2.05) is 25.7 Å². The topological polar surface area (TPSA) is 59.1 Å². The lowest BCUT2D eigenvalue weighted by molar-refractivity contribution is -0.128. The monoisotopic (exact) mass is 498 g/mol. The Kier molecular flexibility index (Phi) is 21.1. The molecule has 0 aromatic heterocycles. The molecule has 0 radical (unpaired) electrons. The van der Waals surface area contributed by atoms with Crippen LogP contribution in [0.25, 0.3) is 0 Å². The maximum atomic E-state index is 12.3. The van der Waals surface area contributed by atoms with Crippen LogP contribution in [0.1, 0.15) is 125 Å². The predicted molar refractivity (Wildman–Crippen MR) is 147 cm³/mol. The number of nitrogens with zero attached hydrogens (tertiary/aromatic N) is 2. The third kappa shape index (κ3) is 20.6. The van der Waals surface area contributed by atoms with Gasteiger partial charge in [-0.05, 0) is 65.5 Å². The van der Waals surface area contributed by atoms with Crippen LogP contribution in [-0.2, 0) is 14.3 Å². The fourth-order valence-electron chi connectivity index (χ4n) is 4.29. The summed E-state index contributed by atoms with van der Waals surface area (Å²) in [5.41, 5.74) is -0.403. The molecule has 1 aliphatic rings. The van der Waals surface area contributed by atoms with Crippen molar-refractivity contribution in [2.75, 3.05) is 39.3 Å². The van der Waals surface area contributed by atoms with E-state index in [2.05, 4.69) is 30.4 Å². The van der Waals surface area contributed by atoms with Crippen molar-refractivity contribution in [3.05, 3.63) is 0 Å². The van der Waals surface area contributed by atoms with Crippen molar-refractivity contribution in [1.29, 1.82) is 0 Å². The number of rotatable bonds is 18. The molecule has 1 atom stereocenters. The number of carbonyl (C=O) groups excluding carboxylic acids is 2. The first-order chi connectivity index (χ1) is 16.8. The highest BCUT2D eigenvalue weighted by Crippen LogP contribution is 2.21. The zero-order valence-corrected chi connectivity index (χ0v) is 24.1. The molecule has 1 amide bonds. The minimum Gasteiger partial charge on any atom is -0.468 e. The van der Waals surface area contributed by atoms with E-state index in [0.717, 1.165) is 38.9 Å². The average molecular weight is 499 g/mol. The summed E-state index contributed by atoms with van der Waals surface area (Å²) in [5, 5.41) is 0. The summed E-state index contributed by atoms with van der Waals surface area (Å²) >= 11 is 0. The molecule has 1 fully saturated rings. The van der Waals surface area contributed by atoms with Gasteiger partial charge in [-0.1, -0.05) is 78.6 Å². The zero-order valence-electron chi connectivity index (χ0n) is 24.1. The van der Waals surface area contributed by atoms with Gasteiger partial charge in [-0.15, -0.1) is 0 Å². The molecule has 1 saturated heterocycles. The van der Waals surface area contributed by atoms with Crippen molar-refractivity contribution in [2.45, 2.75) is 131 Å². The van der Waals surface area contributed by atoms with Gasteiger partial charge in [0.2, 0.25) is 0 Å². The normalized spacial score (nSPS) is 15.6. The Morgan fingerprint density at radius 2 is 1.46 bits per heavy atom. The van der Waals surface area contributed by atoms with E-state index in [0.29, 0.717) is 19.0 Å². The lowest BCUT2D eigenvalue weighted by atomic mass is 10.1. The fourth-order valence-corrected chi connectivity index (χ4v) is 4.29. The number of hydrogen-bond acceptors (Lipinski definition) is 5. The highest BCUT2D eigenvalue weighted by molar-refractivity contribution is 5.68. The number of hydrogen-bond donors (Lipinski definition) is 0. The summed E-state index contributed by atoms with van der Waals surface area (Å²) in [6.07, 6.45) is 16.4. The molecule has 0 aliphatic carbocycles. The molecule has 35 heavy (non-hydrogen) atoms. The number of likely N-dealkylation sites (tertiary alicyclic amines) is 1. The van der Waals surface area contributed by atoms with Crippen molar-refractivity contribution in [3.8, 4) is 0 Å². The summed E-state index contributed by atoms with van der Waals surface area (Å²) < 4.78 is 9.99. The summed E-state index contributed by atoms with van der Waals surface area (Å²) in [4.78, 5) is 26.4. The largest absolute Gasteiger partial charge is 0.468 e. The molecule has 0 saturated carbocycles. The lowest BCUT2D eigenvalue weighted by Gasteiger charge is -2.27. The van der Waals surface area contributed by atoms with Gasteiger partial charge in [0.05, 0.1) is 6.61 Å². The van der Waals surface area contributed by atoms with E-state index >= 15 is 0 Å². The quantitative estimate of drug-likeness (QED) is 0.145. The average Bonchev–Trinajstić information content (AvgIpc) is 3.28. The van der Waals surface area contributed by atoms with Gasteiger partial charge in [-0.25, -0.2) is 4.79 Å². The maximum Gasteiger partial charge on any atom is 0.410 e. The fraction of sp³-hybridized carbons (Fsp3) is 0.931. The SMILES string of the molecule is CCCCCCCCCN(CCCC)CC1CCN(C(=O)OC(C)(C)C)C1.CCCCCOC=O. The number of ether oxygens (including phenoxy) is 2. The van der Waals surface area contributed by atoms with Crippen molar-refractivity contribution in [2.24, 2.45) is 5.92 Å². The third-order valence-corrected chi connectivity index (χ3v) is 6.29. The first-order valence-electron chi connectivity index (χ1n) is 14.5. The van der Waals surface area contributed by atoms with E-state index in [4.69, 9.17) is 4.74 Å². The lowest BCUT2D eigenvalue weighted by Crippen LogP contribution is -2.37. The summed E-state index contributed by atoms with van der Waals surface area (Å²) in [7, 11) is 0. The Hall–Kier alpha value is -1.30. The molecular formula is C29H58N2O4. The zero-order chi connectivity index (χ0) is 26.4. The van der Waals surface area contributed by atoms with Crippen LogP contribution in [0.5, 0.6) is 0 Å². The first kappa shape index (κ1) is 33.7. The standard InChI is InChI=1S/C23H46N2O2.C6H12O2/c1-6-8-10-11-12-13-14-17-24(16-9-7-2)19-21-15-18-25(20-21)22(26)27-23(3,4)5;1-2-3-4-5-8-6-7/h21H,6-20H2,1-5H3;6H,2-5H2,1H3. The van der Waals surface area contributed by atoms with Gasteiger partial charge in [-0.3, -0.25) is 4.79 Å². The Balaban J connectivity index is 0.00000124. The Labute approximate surface area is 217 Å². The van der Waals surface area contributed by atoms with E-state index < -0.39 is 5.60 Å². The molecule has 1 unspecified atom stereocenters. The van der Waals surface area contributed by atoms with Gasteiger partial charge in [-0.2, -0.15) is 0 Å². The van der Waals surface area contributed by atoms with E-state index in [-0.39, 0.29) is 6.09 Å². The van der Waals surface area contributed by atoms with Gasteiger partial charge >= 0.3 is 6.09 Å². The molecule has 0 aromatic carbocycles. The minimum absolute atomic E-state index is 0.141. The Bertz CT molecular complexity index is 507. The number of carbonyl (C=O) groups is 2. The Morgan fingerprint density at radius 1 is 0.886 bits per heavy atom. The molecular weight excluding hydrogens is 440 g/mol. The van der Waals surface area contributed by atoms with E-state index in [1.54, 1.807) is 0 Å². The highest BCUT2D eigenvalue weighted by atomic mass is 16.6. The van der Waals surface area contributed by atoms with Crippen molar-refractivity contribution < 1.29 is 19.1 Å². The Morgan fingerprint density at radius 3 is 2.06 bits per heavy atom. The smallest absolute Gasteiger partial charge is 0.410 e. The van der Waals surface area contributed by atoms with E-state index in [1.165, 1.54) is 77.3 Å². The van der Waals surface area contributed by atoms with Crippen molar-refractivity contribution in [1.82, 2.24) is 9.80 Å². The van der Waals surface area contributed by atoms with Crippen LogP contribution in [0, 0.1) is 5.92 Å². The van der Waals surface area contributed by atoms with Crippen LogP contribution >= 0.6 is 0 Å². The predicted octanol–water partition coefficient (Wildman–Crippen LogP) is 7.45. The second-order valence-electron chi connectivity index (χ2n) is 11.0. The molecule has 1 rings (SSSR count). The maximum absolute atomic E-state index is 12.3. The molecule has 6 heteroatoms. The summed E-state index contributed by atoms with van der Waals surface area (Å²) in [6, 6.07) is 0. The van der Waals surface area contributed by atoms with Crippen molar-refractivity contribution >= 4 is 12.6 Å². The molecule has 0 bridgehead atoms. The van der Waals surface area contributed by atoms with E-state index in [9.17, 15) is 9.59 Å². The van der Waals surface area contributed by atoms with Crippen molar-refractivity contribution in [3.63, 3.8) is 0 Å². The van der Waals surface area contributed by atoms with Crippen LogP contribution in [0.3, 0.4) is 0 Å². The second-order valence-corrected chi connectivity index (χ2v) is 11.0. The van der Waals surface area contributed by atoms with Gasteiger partial charge in [0.15, 0.2) is 0 Å². The molecule has 1 heterocycles. The highest BCUT2D eigenvalue weighted by Gasteiger charge is 2.30. The third-order valence-electron chi connectivity index (χ3n) is 6.29. The molecule has 0 aromatic rings. The molecule has 208 valence electrons. The summed E-state index contributed by atoms with van der Waals surface area (Å²) in [5.74, 6) is 0.596. The minimum atomic E-state index is -0.403. The van der Waals surface area contributed by atoms with Crippen LogP contribution in [-0.4, -0.2) is 67.3 Å². The number of amides is 1. The molecule has 6 nitrogen and oxygen atoms in total. The molecule has 0 N–H and O–H groups in total. The van der Waals surface area contributed by atoms with Gasteiger partial charge < -0.3 is 19.3 Å². The van der Waals surface area contributed by atoms with Gasteiger partial charge in [0.1, 0.15) is 5.60 Å². The molecule has 0 spiro atoms. The second kappa shape index (κ2) is 21.9.